The van der Waals surface area contributed by atoms with E-state index < -0.39 is 0 Å². The SMILES string of the molecule is Cc1cc(NC(=O)CSc2nc(CN(C)C)nc3ccccc23)ccc1Br. The van der Waals surface area contributed by atoms with Crippen molar-refractivity contribution in [3.8, 4) is 0 Å². The third-order valence-corrected chi connectivity index (χ3v) is 5.73. The van der Waals surface area contributed by atoms with Crippen molar-refractivity contribution < 1.29 is 4.79 Å². The fourth-order valence-corrected chi connectivity index (χ4v) is 3.70. The highest BCUT2D eigenvalue weighted by Crippen LogP contribution is 2.26. The van der Waals surface area contributed by atoms with E-state index in [0.717, 1.165) is 37.5 Å². The van der Waals surface area contributed by atoms with Gasteiger partial charge in [-0.05, 0) is 50.8 Å². The number of carbonyl (C=O) groups is 1. The van der Waals surface area contributed by atoms with Crippen molar-refractivity contribution in [2.24, 2.45) is 0 Å². The largest absolute Gasteiger partial charge is 0.325 e. The molecule has 0 aliphatic heterocycles. The van der Waals surface area contributed by atoms with E-state index in [2.05, 4.69) is 31.2 Å². The lowest BCUT2D eigenvalue weighted by Gasteiger charge is -2.12. The van der Waals surface area contributed by atoms with Crippen molar-refractivity contribution in [2.45, 2.75) is 18.5 Å². The van der Waals surface area contributed by atoms with Crippen LogP contribution in [0.4, 0.5) is 5.69 Å². The maximum absolute atomic E-state index is 12.4. The first-order valence-corrected chi connectivity index (χ1v) is 10.3. The van der Waals surface area contributed by atoms with Crippen molar-refractivity contribution in [1.82, 2.24) is 14.9 Å². The van der Waals surface area contributed by atoms with Crippen LogP contribution in [-0.4, -0.2) is 40.6 Å². The Morgan fingerprint density at radius 3 is 2.70 bits per heavy atom. The summed E-state index contributed by atoms with van der Waals surface area (Å²) in [5.41, 5.74) is 2.77. The fraction of sp³-hybridized carbons (Fsp3) is 0.250. The molecule has 1 aromatic heterocycles. The molecular weight excluding hydrogens is 424 g/mol. The molecule has 0 bridgehead atoms. The standard InChI is InChI=1S/C20H21BrN4OS/c1-13-10-14(8-9-16(13)21)22-19(26)12-27-20-15-6-4-5-7-17(15)23-18(24-20)11-25(2)3/h4-10H,11-12H2,1-3H3,(H,22,26). The van der Waals surface area contributed by atoms with Crippen molar-refractivity contribution in [2.75, 3.05) is 25.2 Å². The maximum Gasteiger partial charge on any atom is 0.234 e. The van der Waals surface area contributed by atoms with Crippen molar-refractivity contribution in [3.63, 3.8) is 0 Å². The number of carbonyl (C=O) groups excluding carboxylic acids is 1. The third kappa shape index (κ3) is 5.28. The molecule has 1 amide bonds. The number of hydrogen-bond acceptors (Lipinski definition) is 5. The van der Waals surface area contributed by atoms with Crippen LogP contribution in [0.5, 0.6) is 0 Å². The molecular formula is C20H21BrN4OS. The van der Waals surface area contributed by atoms with Gasteiger partial charge >= 0.3 is 0 Å². The van der Waals surface area contributed by atoms with Crippen molar-refractivity contribution >= 4 is 50.2 Å². The van der Waals surface area contributed by atoms with E-state index in [1.54, 1.807) is 0 Å². The molecule has 3 rings (SSSR count). The summed E-state index contributed by atoms with van der Waals surface area (Å²) < 4.78 is 1.02. The van der Waals surface area contributed by atoms with E-state index >= 15 is 0 Å². The summed E-state index contributed by atoms with van der Waals surface area (Å²) in [4.78, 5) is 23.7. The first-order valence-electron chi connectivity index (χ1n) is 8.51. The van der Waals surface area contributed by atoms with E-state index in [0.29, 0.717) is 6.54 Å². The number of para-hydroxylation sites is 1. The number of anilines is 1. The van der Waals surface area contributed by atoms with Gasteiger partial charge in [0.15, 0.2) is 0 Å². The van der Waals surface area contributed by atoms with Gasteiger partial charge in [0, 0.05) is 15.5 Å². The van der Waals surface area contributed by atoms with Gasteiger partial charge in [0.2, 0.25) is 5.91 Å². The summed E-state index contributed by atoms with van der Waals surface area (Å²) >= 11 is 4.90. The summed E-state index contributed by atoms with van der Waals surface area (Å²) in [5, 5.41) is 4.75. The van der Waals surface area contributed by atoms with Gasteiger partial charge in [0.1, 0.15) is 10.9 Å². The minimum Gasteiger partial charge on any atom is -0.325 e. The summed E-state index contributed by atoms with van der Waals surface area (Å²) in [6.07, 6.45) is 0. The minimum atomic E-state index is -0.0569. The molecule has 1 N–H and O–H groups in total. The van der Waals surface area contributed by atoms with Crippen molar-refractivity contribution in [1.29, 1.82) is 0 Å². The molecule has 0 radical (unpaired) electrons. The van der Waals surface area contributed by atoms with Gasteiger partial charge in [-0.3, -0.25) is 4.79 Å². The number of aryl methyl sites for hydroxylation is 1. The Labute approximate surface area is 171 Å². The lowest BCUT2D eigenvalue weighted by atomic mass is 10.2. The molecule has 3 aromatic rings. The van der Waals surface area contributed by atoms with Crippen LogP contribution < -0.4 is 5.32 Å². The number of nitrogens with zero attached hydrogens (tertiary/aromatic N) is 3. The molecule has 140 valence electrons. The highest BCUT2D eigenvalue weighted by Gasteiger charge is 2.11. The van der Waals surface area contributed by atoms with Gasteiger partial charge in [-0.25, -0.2) is 9.97 Å². The van der Waals surface area contributed by atoms with Crippen LogP contribution >= 0.6 is 27.7 Å². The molecule has 0 saturated carbocycles. The maximum atomic E-state index is 12.4. The number of hydrogen-bond donors (Lipinski definition) is 1. The van der Waals surface area contributed by atoms with Crippen LogP contribution in [0.15, 0.2) is 52.0 Å². The smallest absolute Gasteiger partial charge is 0.234 e. The lowest BCUT2D eigenvalue weighted by molar-refractivity contribution is -0.113. The van der Waals surface area contributed by atoms with Gasteiger partial charge in [0.25, 0.3) is 0 Å². The molecule has 5 nitrogen and oxygen atoms in total. The average Bonchev–Trinajstić information content (AvgIpc) is 2.62. The Hall–Kier alpha value is -1.96. The molecule has 0 aliphatic carbocycles. The summed E-state index contributed by atoms with van der Waals surface area (Å²) in [6.45, 7) is 2.65. The first kappa shape index (κ1) is 19.8. The molecule has 7 heteroatoms. The zero-order valence-electron chi connectivity index (χ0n) is 15.5. The normalized spacial score (nSPS) is 11.1. The molecule has 0 spiro atoms. The van der Waals surface area contributed by atoms with Crippen molar-refractivity contribution in [3.05, 3.63) is 58.3 Å². The Morgan fingerprint density at radius 2 is 1.96 bits per heavy atom. The average molecular weight is 445 g/mol. The predicted octanol–water partition coefficient (Wildman–Crippen LogP) is 4.49. The number of fused-ring (bicyclic) bond motifs is 1. The Balaban J connectivity index is 1.75. The number of rotatable bonds is 6. The second kappa shape index (κ2) is 8.82. The van der Waals surface area contributed by atoms with Crippen LogP contribution in [0.3, 0.4) is 0 Å². The van der Waals surface area contributed by atoms with E-state index in [1.165, 1.54) is 11.8 Å². The zero-order chi connectivity index (χ0) is 19.4. The summed E-state index contributed by atoms with van der Waals surface area (Å²) in [5.74, 6) is 0.987. The monoisotopic (exact) mass is 444 g/mol. The van der Waals surface area contributed by atoms with Crippen LogP contribution in [0.1, 0.15) is 11.4 Å². The molecule has 1 heterocycles. The van der Waals surface area contributed by atoms with Gasteiger partial charge < -0.3 is 10.2 Å². The number of aromatic nitrogens is 2. The quantitative estimate of drug-likeness (QED) is 0.448. The molecule has 0 atom stereocenters. The van der Waals surface area contributed by atoms with E-state index in [4.69, 9.17) is 0 Å². The number of amides is 1. The van der Waals surface area contributed by atoms with Crippen LogP contribution in [0, 0.1) is 6.92 Å². The minimum absolute atomic E-state index is 0.0569. The van der Waals surface area contributed by atoms with E-state index in [9.17, 15) is 4.79 Å². The van der Waals surface area contributed by atoms with Gasteiger partial charge in [0.05, 0.1) is 17.8 Å². The van der Waals surface area contributed by atoms with Gasteiger partial charge in [-0.15, -0.1) is 0 Å². The zero-order valence-corrected chi connectivity index (χ0v) is 17.9. The number of benzene rings is 2. The number of halogens is 1. The number of thioether (sulfide) groups is 1. The van der Waals surface area contributed by atoms with Crippen LogP contribution in [0.25, 0.3) is 10.9 Å². The Kier molecular flexibility index (Phi) is 6.46. The highest BCUT2D eigenvalue weighted by molar-refractivity contribution is 9.10. The Bertz CT molecular complexity index is 977. The second-order valence-electron chi connectivity index (χ2n) is 6.50. The highest BCUT2D eigenvalue weighted by atomic mass is 79.9. The van der Waals surface area contributed by atoms with Gasteiger partial charge in [-0.1, -0.05) is 45.9 Å². The number of nitrogens with one attached hydrogen (secondary N) is 1. The molecule has 0 fully saturated rings. The van der Waals surface area contributed by atoms with Crippen LogP contribution in [-0.2, 0) is 11.3 Å². The molecule has 2 aromatic carbocycles. The van der Waals surface area contributed by atoms with E-state index in [-0.39, 0.29) is 11.7 Å². The third-order valence-electron chi connectivity index (χ3n) is 3.85. The topological polar surface area (TPSA) is 58.1 Å². The second-order valence-corrected chi connectivity index (χ2v) is 8.32. The van der Waals surface area contributed by atoms with E-state index in [1.807, 2.05) is 68.4 Å². The molecule has 0 aliphatic rings. The van der Waals surface area contributed by atoms with Gasteiger partial charge in [-0.2, -0.15) is 0 Å². The molecule has 0 unspecified atom stereocenters. The Morgan fingerprint density at radius 1 is 1.19 bits per heavy atom. The van der Waals surface area contributed by atoms with Crippen LogP contribution in [0.2, 0.25) is 0 Å². The molecule has 0 saturated heterocycles. The summed E-state index contributed by atoms with van der Waals surface area (Å²) in [6, 6.07) is 13.7. The first-order chi connectivity index (χ1) is 12.9. The fourth-order valence-electron chi connectivity index (χ4n) is 2.61. The summed E-state index contributed by atoms with van der Waals surface area (Å²) in [7, 11) is 3.97. The predicted molar refractivity (Wildman–Crippen MR) is 115 cm³/mol. The lowest BCUT2D eigenvalue weighted by Crippen LogP contribution is -2.15. The molecule has 27 heavy (non-hydrogen) atoms.